The highest BCUT2D eigenvalue weighted by molar-refractivity contribution is 7.12. The number of aromatic amines is 1. The number of carbonyl (C=O) groups excluding carboxylic acids is 1. The minimum atomic E-state index is -0.513. The van der Waals surface area contributed by atoms with Crippen molar-refractivity contribution >= 4 is 17.2 Å². The molecule has 0 atom stereocenters. The molecule has 0 aliphatic rings. The minimum Gasteiger partial charge on any atom is -0.296 e. The Labute approximate surface area is 111 Å². The lowest BCUT2D eigenvalue weighted by Gasteiger charge is -2.06. The van der Waals surface area contributed by atoms with E-state index in [0.717, 1.165) is 0 Å². The molecule has 1 amide bonds. The Hall–Kier alpha value is -2.19. The van der Waals surface area contributed by atoms with E-state index in [9.17, 15) is 14.4 Å². The molecule has 8 heteroatoms. The zero-order valence-corrected chi connectivity index (χ0v) is 10.9. The van der Waals surface area contributed by atoms with Gasteiger partial charge in [0, 0.05) is 11.8 Å². The molecular formula is C11H12N4O3S. The number of hydrogen-bond acceptors (Lipinski definition) is 5. The van der Waals surface area contributed by atoms with E-state index in [2.05, 4.69) is 10.4 Å². The van der Waals surface area contributed by atoms with Gasteiger partial charge in [-0.3, -0.25) is 24.6 Å². The molecule has 0 aromatic carbocycles. The van der Waals surface area contributed by atoms with Gasteiger partial charge in [0.1, 0.15) is 0 Å². The van der Waals surface area contributed by atoms with E-state index in [1.165, 1.54) is 22.1 Å². The molecule has 2 rings (SSSR count). The number of nitrogens with zero attached hydrogens (tertiary/aromatic N) is 1. The summed E-state index contributed by atoms with van der Waals surface area (Å²) in [5.41, 5.74) is 2.23. The number of aryl methyl sites for hydroxylation is 1. The van der Waals surface area contributed by atoms with E-state index in [0.29, 0.717) is 16.0 Å². The fourth-order valence-corrected chi connectivity index (χ4v) is 2.46. The first-order valence-electron chi connectivity index (χ1n) is 5.40. The summed E-state index contributed by atoms with van der Waals surface area (Å²) in [4.78, 5) is 37.1. The zero-order valence-electron chi connectivity index (χ0n) is 10.1. The molecule has 7 nitrogen and oxygen atoms in total. The Morgan fingerprint density at radius 1 is 1.53 bits per heavy atom. The number of hydrogen-bond donors (Lipinski definition) is 3. The Bertz CT molecular complexity index is 728. The maximum Gasteiger partial charge on any atom is 0.328 e. The Kier molecular flexibility index (Phi) is 3.63. The number of aromatic nitrogens is 2. The first-order valence-corrected chi connectivity index (χ1v) is 6.28. The highest BCUT2D eigenvalue weighted by Gasteiger charge is 2.13. The van der Waals surface area contributed by atoms with Gasteiger partial charge < -0.3 is 0 Å². The van der Waals surface area contributed by atoms with Crippen LogP contribution in [0.15, 0.2) is 27.2 Å². The highest BCUT2D eigenvalue weighted by Crippen LogP contribution is 2.17. The molecule has 0 spiro atoms. The maximum absolute atomic E-state index is 11.7. The average Bonchev–Trinajstić information content (AvgIpc) is 2.83. The Balaban J connectivity index is 2.40. The van der Waals surface area contributed by atoms with E-state index in [-0.39, 0.29) is 6.54 Å². The van der Waals surface area contributed by atoms with Crippen molar-refractivity contribution in [2.45, 2.75) is 13.5 Å². The van der Waals surface area contributed by atoms with Gasteiger partial charge in [-0.2, -0.15) is 0 Å². The topological polar surface area (TPSA) is 110 Å². The third-order valence-corrected chi connectivity index (χ3v) is 3.57. The SMILES string of the molecule is Cc1cn(Cc2ccsc2C(=O)NN)c(=O)[nH]c1=O. The molecule has 0 unspecified atom stereocenters. The van der Waals surface area contributed by atoms with Crippen LogP contribution in [0.2, 0.25) is 0 Å². The molecule has 2 aromatic rings. The molecular weight excluding hydrogens is 268 g/mol. The second kappa shape index (κ2) is 5.21. The third-order valence-electron chi connectivity index (χ3n) is 2.61. The standard InChI is InChI=1S/C11H12N4O3S/c1-6-4-15(11(18)13-9(6)16)5-7-2-3-19-8(7)10(17)14-12/h2-4H,5,12H2,1H3,(H,14,17)(H,13,16,18). The van der Waals surface area contributed by atoms with Crippen molar-refractivity contribution in [3.8, 4) is 0 Å². The second-order valence-electron chi connectivity index (χ2n) is 3.95. The van der Waals surface area contributed by atoms with Crippen LogP contribution in [0.5, 0.6) is 0 Å². The third kappa shape index (κ3) is 2.64. The van der Waals surface area contributed by atoms with Gasteiger partial charge in [-0.1, -0.05) is 0 Å². The van der Waals surface area contributed by atoms with E-state index in [1.54, 1.807) is 18.4 Å². The first-order chi connectivity index (χ1) is 9.02. The summed E-state index contributed by atoms with van der Waals surface area (Å²) in [5.74, 6) is 4.69. The summed E-state index contributed by atoms with van der Waals surface area (Å²) in [7, 11) is 0. The number of carbonyl (C=O) groups is 1. The monoisotopic (exact) mass is 280 g/mol. The number of H-pyrrole nitrogens is 1. The number of thiophene rings is 1. The van der Waals surface area contributed by atoms with Crippen LogP contribution in [0, 0.1) is 6.92 Å². The quantitative estimate of drug-likeness (QED) is 0.402. The Morgan fingerprint density at radius 2 is 2.26 bits per heavy atom. The van der Waals surface area contributed by atoms with Gasteiger partial charge in [0.05, 0.1) is 11.4 Å². The summed E-state index contributed by atoms with van der Waals surface area (Å²) in [5, 5.41) is 1.74. The van der Waals surface area contributed by atoms with Crippen molar-refractivity contribution in [3.05, 3.63) is 54.5 Å². The smallest absolute Gasteiger partial charge is 0.296 e. The molecule has 0 saturated carbocycles. The van der Waals surface area contributed by atoms with Crippen LogP contribution in [0.3, 0.4) is 0 Å². The molecule has 0 aliphatic heterocycles. The zero-order chi connectivity index (χ0) is 14.0. The van der Waals surface area contributed by atoms with Crippen molar-refractivity contribution in [2.24, 2.45) is 5.84 Å². The molecule has 0 fully saturated rings. The molecule has 0 bridgehead atoms. The van der Waals surface area contributed by atoms with Crippen molar-refractivity contribution in [2.75, 3.05) is 0 Å². The van der Waals surface area contributed by atoms with Crippen LogP contribution in [0.1, 0.15) is 20.8 Å². The fourth-order valence-electron chi connectivity index (χ4n) is 1.64. The molecule has 19 heavy (non-hydrogen) atoms. The Morgan fingerprint density at radius 3 is 2.95 bits per heavy atom. The van der Waals surface area contributed by atoms with Crippen LogP contribution in [0.4, 0.5) is 0 Å². The second-order valence-corrected chi connectivity index (χ2v) is 4.86. The molecule has 0 radical (unpaired) electrons. The average molecular weight is 280 g/mol. The van der Waals surface area contributed by atoms with E-state index in [1.807, 2.05) is 0 Å². The predicted molar refractivity (Wildman–Crippen MR) is 71.1 cm³/mol. The summed E-state index contributed by atoms with van der Waals surface area (Å²) < 4.78 is 1.34. The van der Waals surface area contributed by atoms with Gasteiger partial charge in [0.2, 0.25) is 0 Å². The van der Waals surface area contributed by atoms with E-state index in [4.69, 9.17) is 5.84 Å². The van der Waals surface area contributed by atoms with Gasteiger partial charge in [-0.15, -0.1) is 11.3 Å². The van der Waals surface area contributed by atoms with Gasteiger partial charge in [-0.05, 0) is 23.9 Å². The van der Waals surface area contributed by atoms with Crippen LogP contribution in [-0.2, 0) is 6.54 Å². The number of nitrogens with two attached hydrogens (primary N) is 1. The first kappa shape index (κ1) is 13.2. The molecule has 0 saturated heterocycles. The lowest BCUT2D eigenvalue weighted by molar-refractivity contribution is 0.0956. The largest absolute Gasteiger partial charge is 0.328 e. The predicted octanol–water partition coefficient (Wildman–Crippen LogP) is -0.442. The summed E-state index contributed by atoms with van der Waals surface area (Å²) in [6.45, 7) is 1.80. The van der Waals surface area contributed by atoms with Crippen molar-refractivity contribution in [3.63, 3.8) is 0 Å². The normalized spacial score (nSPS) is 10.4. The fraction of sp³-hybridized carbons (Fsp3) is 0.182. The molecule has 2 heterocycles. The number of hydrazine groups is 1. The van der Waals surface area contributed by atoms with Gasteiger partial charge >= 0.3 is 5.69 Å². The number of rotatable bonds is 3. The van der Waals surface area contributed by atoms with Crippen LogP contribution in [0.25, 0.3) is 0 Å². The van der Waals surface area contributed by atoms with Crippen molar-refractivity contribution in [1.82, 2.24) is 15.0 Å². The lowest BCUT2D eigenvalue weighted by Crippen LogP contribution is -2.32. The van der Waals surface area contributed by atoms with E-state index < -0.39 is 17.2 Å². The summed E-state index contributed by atoms with van der Waals surface area (Å²) >= 11 is 1.24. The highest BCUT2D eigenvalue weighted by atomic mass is 32.1. The maximum atomic E-state index is 11.7. The number of amides is 1. The van der Waals surface area contributed by atoms with Crippen molar-refractivity contribution < 1.29 is 4.79 Å². The number of nitrogens with one attached hydrogen (secondary N) is 2. The molecule has 0 aliphatic carbocycles. The van der Waals surface area contributed by atoms with Gasteiger partial charge in [0.15, 0.2) is 0 Å². The molecule has 2 aromatic heterocycles. The van der Waals surface area contributed by atoms with Crippen LogP contribution >= 0.6 is 11.3 Å². The van der Waals surface area contributed by atoms with Crippen LogP contribution < -0.4 is 22.5 Å². The molecule has 4 N–H and O–H groups in total. The summed E-state index contributed by atoms with van der Waals surface area (Å²) in [6.07, 6.45) is 1.46. The van der Waals surface area contributed by atoms with Gasteiger partial charge in [0.25, 0.3) is 11.5 Å². The van der Waals surface area contributed by atoms with Gasteiger partial charge in [-0.25, -0.2) is 10.6 Å². The van der Waals surface area contributed by atoms with Crippen LogP contribution in [-0.4, -0.2) is 15.5 Å². The number of nitrogen functional groups attached to an aromatic ring is 1. The van der Waals surface area contributed by atoms with E-state index >= 15 is 0 Å². The lowest BCUT2D eigenvalue weighted by atomic mass is 10.2. The molecule has 100 valence electrons. The minimum absolute atomic E-state index is 0.197. The van der Waals surface area contributed by atoms with Crippen molar-refractivity contribution in [1.29, 1.82) is 0 Å². The summed E-state index contributed by atoms with van der Waals surface area (Å²) in [6, 6.07) is 1.74.